The fourth-order valence-electron chi connectivity index (χ4n) is 2.35. The zero-order chi connectivity index (χ0) is 16.3. The van der Waals surface area contributed by atoms with Crippen molar-refractivity contribution in [2.45, 2.75) is 44.9 Å². The van der Waals surface area contributed by atoms with E-state index in [0.29, 0.717) is 0 Å². The first-order chi connectivity index (χ1) is 9.65. The molecule has 21 heavy (non-hydrogen) atoms. The molecule has 0 radical (unpaired) electrons. The molecule has 0 heterocycles. The number of hydrogen-bond acceptors (Lipinski definition) is 4. The highest BCUT2D eigenvalue weighted by Gasteiger charge is 2.39. The maximum atomic E-state index is 12.2. The molecule has 0 amide bonds. The van der Waals surface area contributed by atoms with Crippen molar-refractivity contribution < 1.29 is 13.2 Å². The average Bonchev–Trinajstić information content (AvgIpc) is 2.37. The molecule has 0 aliphatic carbocycles. The third kappa shape index (κ3) is 3.98. The number of sulfone groups is 1. The van der Waals surface area contributed by atoms with E-state index in [9.17, 15) is 8.42 Å². The zero-order valence-corrected chi connectivity index (χ0v) is 14.7. The molecule has 1 rings (SSSR count). The fourth-order valence-corrected chi connectivity index (χ4v) is 3.00. The first-order valence-electron chi connectivity index (χ1n) is 7.22. The molecule has 1 atom stereocenters. The summed E-state index contributed by atoms with van der Waals surface area (Å²) in [5.41, 5.74) is 1.97. The Morgan fingerprint density at radius 3 is 2.38 bits per heavy atom. The highest BCUT2D eigenvalue weighted by molar-refractivity contribution is 7.92. The van der Waals surface area contributed by atoms with Gasteiger partial charge in [-0.2, -0.15) is 0 Å². The minimum Gasteiger partial charge on any atom is -0.496 e. The summed E-state index contributed by atoms with van der Waals surface area (Å²) in [6.45, 7) is 8.35. The molecule has 0 aliphatic rings. The van der Waals surface area contributed by atoms with Gasteiger partial charge in [-0.15, -0.1) is 0 Å². The van der Waals surface area contributed by atoms with Gasteiger partial charge in [-0.3, -0.25) is 0 Å². The van der Waals surface area contributed by atoms with Crippen molar-refractivity contribution in [2.24, 2.45) is 0 Å². The second kappa shape index (κ2) is 6.79. The van der Waals surface area contributed by atoms with Crippen LogP contribution in [0.5, 0.6) is 5.75 Å². The van der Waals surface area contributed by atoms with E-state index in [1.54, 1.807) is 21.0 Å². The maximum absolute atomic E-state index is 12.2. The molecule has 1 aromatic carbocycles. The summed E-state index contributed by atoms with van der Waals surface area (Å²) in [5, 5.41) is 3.38. The van der Waals surface area contributed by atoms with Crippen molar-refractivity contribution in [1.82, 2.24) is 5.32 Å². The minimum atomic E-state index is -3.20. The molecule has 120 valence electrons. The Kier molecular flexibility index (Phi) is 5.82. The fraction of sp³-hybridized carbons (Fsp3) is 0.625. The Hall–Kier alpha value is -1.07. The Morgan fingerprint density at radius 1 is 1.33 bits per heavy atom. The average molecular weight is 313 g/mol. The molecule has 0 aromatic heterocycles. The molecule has 1 unspecified atom stereocenters. The van der Waals surface area contributed by atoms with Crippen LogP contribution in [0.4, 0.5) is 0 Å². The van der Waals surface area contributed by atoms with Crippen LogP contribution in [0.3, 0.4) is 0 Å². The normalized spacial score (nSPS) is 14.0. The SMILES string of the molecule is CCCNC(c1ccc(OC)c(C)c1)C(C)(C)S(C)(=O)=O. The van der Waals surface area contributed by atoms with Gasteiger partial charge in [0.1, 0.15) is 5.75 Å². The van der Waals surface area contributed by atoms with E-state index < -0.39 is 14.6 Å². The van der Waals surface area contributed by atoms with E-state index in [-0.39, 0.29) is 6.04 Å². The van der Waals surface area contributed by atoms with Crippen LogP contribution < -0.4 is 10.1 Å². The molecule has 0 bridgehead atoms. The van der Waals surface area contributed by atoms with E-state index in [1.807, 2.05) is 25.1 Å². The summed E-state index contributed by atoms with van der Waals surface area (Å²) < 4.78 is 28.7. The first kappa shape index (κ1) is 18.0. The van der Waals surface area contributed by atoms with Crippen LogP contribution in [0.15, 0.2) is 18.2 Å². The molecule has 0 aliphatic heterocycles. The Morgan fingerprint density at radius 2 is 1.95 bits per heavy atom. The summed E-state index contributed by atoms with van der Waals surface area (Å²) in [6.07, 6.45) is 2.25. The lowest BCUT2D eigenvalue weighted by Gasteiger charge is -2.34. The quantitative estimate of drug-likeness (QED) is 0.841. The summed E-state index contributed by atoms with van der Waals surface area (Å²) in [6, 6.07) is 5.58. The summed E-state index contributed by atoms with van der Waals surface area (Å²) >= 11 is 0. The topological polar surface area (TPSA) is 55.4 Å². The molecule has 0 fully saturated rings. The van der Waals surface area contributed by atoms with Crippen LogP contribution in [0.1, 0.15) is 44.4 Å². The Balaban J connectivity index is 3.29. The molecule has 0 saturated carbocycles. The maximum Gasteiger partial charge on any atom is 0.154 e. The number of benzene rings is 1. The van der Waals surface area contributed by atoms with Gasteiger partial charge in [0.15, 0.2) is 9.84 Å². The Bertz CT molecular complexity index is 579. The molecule has 5 heteroatoms. The lowest BCUT2D eigenvalue weighted by atomic mass is 9.93. The van der Waals surface area contributed by atoms with Crippen molar-refractivity contribution in [1.29, 1.82) is 0 Å². The van der Waals surface area contributed by atoms with Gasteiger partial charge in [-0.05, 0) is 50.9 Å². The number of aryl methyl sites for hydroxylation is 1. The van der Waals surface area contributed by atoms with Gasteiger partial charge < -0.3 is 10.1 Å². The van der Waals surface area contributed by atoms with Crippen LogP contribution >= 0.6 is 0 Å². The molecule has 4 nitrogen and oxygen atoms in total. The van der Waals surface area contributed by atoms with E-state index in [0.717, 1.165) is 29.8 Å². The molecule has 1 aromatic rings. The van der Waals surface area contributed by atoms with Crippen LogP contribution in [-0.4, -0.2) is 33.1 Å². The van der Waals surface area contributed by atoms with Crippen LogP contribution in [0.25, 0.3) is 0 Å². The van der Waals surface area contributed by atoms with Crippen molar-refractivity contribution in [3.8, 4) is 5.75 Å². The number of rotatable bonds is 7. The molecule has 1 N–H and O–H groups in total. The smallest absolute Gasteiger partial charge is 0.154 e. The number of methoxy groups -OCH3 is 1. The standard InChI is InChI=1S/C16H27NO3S/c1-7-10-17-15(16(3,4)21(6,18)19)13-8-9-14(20-5)12(2)11-13/h8-9,11,15,17H,7,10H2,1-6H3. The van der Waals surface area contributed by atoms with Crippen LogP contribution in [-0.2, 0) is 9.84 Å². The molecular formula is C16H27NO3S. The van der Waals surface area contributed by atoms with Gasteiger partial charge in [0.2, 0.25) is 0 Å². The predicted octanol–water partition coefficient (Wildman–Crippen LogP) is 2.87. The number of nitrogens with one attached hydrogen (secondary N) is 1. The third-order valence-electron chi connectivity index (χ3n) is 4.00. The van der Waals surface area contributed by atoms with Crippen molar-refractivity contribution in [3.63, 3.8) is 0 Å². The molecule has 0 spiro atoms. The summed E-state index contributed by atoms with van der Waals surface area (Å²) in [4.78, 5) is 0. The number of hydrogen-bond donors (Lipinski definition) is 1. The van der Waals surface area contributed by atoms with Crippen LogP contribution in [0.2, 0.25) is 0 Å². The van der Waals surface area contributed by atoms with Crippen molar-refractivity contribution >= 4 is 9.84 Å². The Labute approximate surface area is 128 Å². The van der Waals surface area contributed by atoms with Gasteiger partial charge in [-0.25, -0.2) is 8.42 Å². The lowest BCUT2D eigenvalue weighted by Crippen LogP contribution is -2.45. The van der Waals surface area contributed by atoms with Gasteiger partial charge >= 0.3 is 0 Å². The zero-order valence-electron chi connectivity index (χ0n) is 13.9. The van der Waals surface area contributed by atoms with E-state index in [2.05, 4.69) is 12.2 Å². The highest BCUT2D eigenvalue weighted by atomic mass is 32.2. The first-order valence-corrected chi connectivity index (χ1v) is 9.11. The second-order valence-electron chi connectivity index (χ2n) is 5.99. The van der Waals surface area contributed by atoms with Gasteiger partial charge in [0.25, 0.3) is 0 Å². The van der Waals surface area contributed by atoms with E-state index >= 15 is 0 Å². The molecule has 0 saturated heterocycles. The lowest BCUT2D eigenvalue weighted by molar-refractivity contribution is 0.406. The summed E-state index contributed by atoms with van der Waals surface area (Å²) in [7, 11) is -1.57. The largest absolute Gasteiger partial charge is 0.496 e. The second-order valence-corrected chi connectivity index (χ2v) is 8.59. The van der Waals surface area contributed by atoms with Gasteiger partial charge in [0, 0.05) is 6.26 Å². The third-order valence-corrected chi connectivity index (χ3v) is 6.15. The minimum absolute atomic E-state index is 0.253. The monoisotopic (exact) mass is 313 g/mol. The van der Waals surface area contributed by atoms with Crippen molar-refractivity contribution in [3.05, 3.63) is 29.3 Å². The molecular weight excluding hydrogens is 286 g/mol. The van der Waals surface area contributed by atoms with E-state index in [4.69, 9.17) is 4.74 Å². The summed E-state index contributed by atoms with van der Waals surface area (Å²) in [5.74, 6) is 0.810. The van der Waals surface area contributed by atoms with Gasteiger partial charge in [0.05, 0.1) is 17.9 Å². The van der Waals surface area contributed by atoms with Crippen LogP contribution in [0, 0.1) is 6.92 Å². The highest BCUT2D eigenvalue weighted by Crippen LogP contribution is 2.34. The predicted molar refractivity (Wildman–Crippen MR) is 87.7 cm³/mol. The van der Waals surface area contributed by atoms with Gasteiger partial charge in [-0.1, -0.05) is 19.1 Å². The van der Waals surface area contributed by atoms with E-state index in [1.165, 1.54) is 6.26 Å². The van der Waals surface area contributed by atoms with Crippen molar-refractivity contribution in [2.75, 3.05) is 19.9 Å². The number of ether oxygens (including phenoxy) is 1.